The minimum atomic E-state index is 0.0583. The molecular weight excluding hydrogens is 150 g/mol. The molecule has 0 bridgehead atoms. The zero-order valence-electron chi connectivity index (χ0n) is 8.09. The molecule has 0 N–H and O–H groups in total. The van der Waals surface area contributed by atoms with Crippen LogP contribution in [0.2, 0.25) is 0 Å². The number of hydrogen-bond donors (Lipinski definition) is 0. The fourth-order valence-corrected chi connectivity index (χ4v) is 1.31. The first-order chi connectivity index (χ1) is 5.45. The third-order valence-electron chi connectivity index (χ3n) is 2.60. The first kappa shape index (κ1) is 9.17. The average Bonchev–Trinajstić information content (AvgIpc) is 1.94. The minimum Gasteiger partial charge on any atom is -0.293 e. The Morgan fingerprint density at radius 1 is 1.58 bits per heavy atom. The Kier molecular flexibility index (Phi) is 2.18. The number of carbonyl (C=O) groups excluding carboxylic acids is 1. The second-order valence-corrected chi connectivity index (χ2v) is 3.93. The number of aliphatic imine (C=N–C) groups is 1. The van der Waals surface area contributed by atoms with Crippen LogP contribution in [0.25, 0.3) is 0 Å². The molecule has 1 rings (SSSR count). The Balaban J connectivity index is 2.99. The zero-order valence-corrected chi connectivity index (χ0v) is 8.09. The van der Waals surface area contributed by atoms with E-state index in [1.54, 1.807) is 13.1 Å². The standard InChI is InChI=1S/C10H15NO/c1-7-9(8(2)12)11-6-5-10(7,3)4/h5-7H,1-4H3. The van der Waals surface area contributed by atoms with Crippen molar-refractivity contribution in [3.8, 4) is 0 Å². The van der Waals surface area contributed by atoms with Gasteiger partial charge in [0.2, 0.25) is 0 Å². The number of nitrogens with zero attached hydrogens (tertiary/aromatic N) is 1. The van der Waals surface area contributed by atoms with Crippen LogP contribution in [0.3, 0.4) is 0 Å². The van der Waals surface area contributed by atoms with Crippen LogP contribution in [0.15, 0.2) is 17.3 Å². The molecule has 0 spiro atoms. The van der Waals surface area contributed by atoms with E-state index in [2.05, 4.69) is 18.8 Å². The predicted octanol–water partition coefficient (Wildman–Crippen LogP) is 2.21. The van der Waals surface area contributed by atoms with E-state index in [-0.39, 0.29) is 17.1 Å². The Bertz CT molecular complexity index is 261. The summed E-state index contributed by atoms with van der Waals surface area (Å²) in [6.45, 7) is 7.85. The molecule has 1 unspecified atom stereocenters. The molecule has 0 radical (unpaired) electrons. The van der Waals surface area contributed by atoms with E-state index >= 15 is 0 Å². The van der Waals surface area contributed by atoms with E-state index in [1.807, 2.05) is 13.0 Å². The molecule has 1 atom stereocenters. The van der Waals surface area contributed by atoms with Crippen molar-refractivity contribution in [1.29, 1.82) is 0 Å². The van der Waals surface area contributed by atoms with E-state index in [1.165, 1.54) is 0 Å². The molecule has 66 valence electrons. The smallest absolute Gasteiger partial charge is 0.174 e. The summed E-state index contributed by atoms with van der Waals surface area (Å²) in [7, 11) is 0. The summed E-state index contributed by atoms with van der Waals surface area (Å²) < 4.78 is 0. The van der Waals surface area contributed by atoms with E-state index in [4.69, 9.17) is 0 Å². The van der Waals surface area contributed by atoms with E-state index in [9.17, 15) is 4.79 Å². The number of rotatable bonds is 1. The van der Waals surface area contributed by atoms with Gasteiger partial charge in [-0.25, -0.2) is 0 Å². The normalized spacial score (nSPS) is 26.7. The molecular formula is C10H15NO. The summed E-state index contributed by atoms with van der Waals surface area (Å²) in [4.78, 5) is 15.2. The van der Waals surface area contributed by atoms with Gasteiger partial charge in [-0.1, -0.05) is 26.8 Å². The Morgan fingerprint density at radius 3 is 2.58 bits per heavy atom. The maximum Gasteiger partial charge on any atom is 0.174 e. The lowest BCUT2D eigenvalue weighted by atomic mass is 9.75. The van der Waals surface area contributed by atoms with Crippen molar-refractivity contribution in [2.75, 3.05) is 0 Å². The van der Waals surface area contributed by atoms with Crippen LogP contribution in [0, 0.1) is 11.3 Å². The highest BCUT2D eigenvalue weighted by Crippen LogP contribution is 2.32. The second kappa shape index (κ2) is 2.85. The number of allylic oxidation sites excluding steroid dienone is 1. The highest BCUT2D eigenvalue weighted by molar-refractivity contribution is 6.40. The van der Waals surface area contributed by atoms with Crippen LogP contribution in [-0.2, 0) is 4.79 Å². The molecule has 0 saturated heterocycles. The lowest BCUT2D eigenvalue weighted by Crippen LogP contribution is -2.32. The van der Waals surface area contributed by atoms with Crippen LogP contribution in [0.4, 0.5) is 0 Å². The summed E-state index contributed by atoms with van der Waals surface area (Å²) in [6.07, 6.45) is 3.78. The minimum absolute atomic E-state index is 0.0583. The lowest BCUT2D eigenvalue weighted by molar-refractivity contribution is -0.111. The highest BCUT2D eigenvalue weighted by atomic mass is 16.1. The van der Waals surface area contributed by atoms with Crippen molar-refractivity contribution in [3.05, 3.63) is 12.3 Å². The van der Waals surface area contributed by atoms with Crippen LogP contribution in [-0.4, -0.2) is 11.5 Å². The van der Waals surface area contributed by atoms with Crippen molar-refractivity contribution in [2.45, 2.75) is 27.7 Å². The Hall–Kier alpha value is -0.920. The molecule has 0 aromatic carbocycles. The van der Waals surface area contributed by atoms with Gasteiger partial charge in [-0.2, -0.15) is 0 Å². The molecule has 2 heteroatoms. The van der Waals surface area contributed by atoms with Gasteiger partial charge in [-0.05, 0) is 5.41 Å². The highest BCUT2D eigenvalue weighted by Gasteiger charge is 2.31. The Labute approximate surface area is 73.4 Å². The Morgan fingerprint density at radius 2 is 2.17 bits per heavy atom. The average molecular weight is 165 g/mol. The van der Waals surface area contributed by atoms with Crippen LogP contribution >= 0.6 is 0 Å². The third-order valence-corrected chi connectivity index (χ3v) is 2.60. The summed E-state index contributed by atoms with van der Waals surface area (Å²) in [5.74, 6) is 0.305. The number of hydrogen-bond acceptors (Lipinski definition) is 2. The van der Waals surface area contributed by atoms with Crippen LogP contribution in [0.5, 0.6) is 0 Å². The topological polar surface area (TPSA) is 29.4 Å². The summed E-state index contributed by atoms with van der Waals surface area (Å²) >= 11 is 0. The maximum atomic E-state index is 11.1. The monoisotopic (exact) mass is 165 g/mol. The molecule has 0 aromatic heterocycles. The SMILES string of the molecule is CC(=O)C1=NC=CC(C)(C)C1C. The van der Waals surface area contributed by atoms with Gasteiger partial charge in [0.15, 0.2) is 5.78 Å². The van der Waals surface area contributed by atoms with Gasteiger partial charge in [0.25, 0.3) is 0 Å². The summed E-state index contributed by atoms with van der Waals surface area (Å²) in [5, 5.41) is 0. The van der Waals surface area contributed by atoms with Crippen molar-refractivity contribution >= 4 is 11.5 Å². The molecule has 0 saturated carbocycles. The van der Waals surface area contributed by atoms with Crippen molar-refractivity contribution in [3.63, 3.8) is 0 Å². The van der Waals surface area contributed by atoms with Gasteiger partial charge in [0.05, 0.1) is 5.71 Å². The van der Waals surface area contributed by atoms with Crippen LogP contribution in [0.1, 0.15) is 27.7 Å². The van der Waals surface area contributed by atoms with E-state index < -0.39 is 0 Å². The van der Waals surface area contributed by atoms with Gasteiger partial charge in [-0.3, -0.25) is 9.79 Å². The first-order valence-corrected chi connectivity index (χ1v) is 4.21. The van der Waals surface area contributed by atoms with Gasteiger partial charge in [0.1, 0.15) is 0 Å². The quantitative estimate of drug-likeness (QED) is 0.585. The fourth-order valence-electron chi connectivity index (χ4n) is 1.31. The predicted molar refractivity (Wildman–Crippen MR) is 50.2 cm³/mol. The van der Waals surface area contributed by atoms with Gasteiger partial charge < -0.3 is 0 Å². The van der Waals surface area contributed by atoms with Crippen molar-refractivity contribution < 1.29 is 4.79 Å². The van der Waals surface area contributed by atoms with E-state index in [0.29, 0.717) is 5.71 Å². The second-order valence-electron chi connectivity index (χ2n) is 3.93. The maximum absolute atomic E-state index is 11.1. The van der Waals surface area contributed by atoms with Gasteiger partial charge in [-0.15, -0.1) is 0 Å². The molecule has 1 aliphatic heterocycles. The van der Waals surface area contributed by atoms with Gasteiger partial charge in [0, 0.05) is 19.0 Å². The molecule has 0 aromatic rings. The molecule has 12 heavy (non-hydrogen) atoms. The molecule has 0 fully saturated rings. The lowest BCUT2D eigenvalue weighted by Gasteiger charge is -2.30. The summed E-state index contributed by atoms with van der Waals surface area (Å²) in [5.41, 5.74) is 0.755. The molecule has 1 aliphatic rings. The summed E-state index contributed by atoms with van der Waals surface area (Å²) in [6, 6.07) is 0. The largest absolute Gasteiger partial charge is 0.293 e. The molecule has 0 aliphatic carbocycles. The first-order valence-electron chi connectivity index (χ1n) is 4.21. The number of carbonyl (C=O) groups is 1. The number of Topliss-reactive ketones (excluding diaryl/α,β-unsaturated/α-hetero) is 1. The molecule has 0 amide bonds. The molecule has 2 nitrogen and oxygen atoms in total. The zero-order chi connectivity index (χ0) is 9.35. The van der Waals surface area contributed by atoms with Crippen LogP contribution < -0.4 is 0 Å². The fraction of sp³-hybridized carbons (Fsp3) is 0.600. The molecule has 1 heterocycles. The van der Waals surface area contributed by atoms with Crippen molar-refractivity contribution in [1.82, 2.24) is 0 Å². The number of ketones is 1. The van der Waals surface area contributed by atoms with Gasteiger partial charge >= 0.3 is 0 Å². The van der Waals surface area contributed by atoms with E-state index in [0.717, 1.165) is 0 Å². The third kappa shape index (κ3) is 1.47. The van der Waals surface area contributed by atoms with Crippen molar-refractivity contribution in [2.24, 2.45) is 16.3 Å².